The second-order valence-electron chi connectivity index (χ2n) is 4.00. The first-order valence-corrected chi connectivity index (χ1v) is 5.97. The molecule has 0 N–H and O–H groups in total. The van der Waals surface area contributed by atoms with Crippen LogP contribution in [0.5, 0.6) is 0 Å². The Labute approximate surface area is 108 Å². The first-order valence-electron chi connectivity index (χ1n) is 5.43. The number of hydrogen-bond acceptors (Lipinski definition) is 2. The molecule has 18 heavy (non-hydrogen) atoms. The molecule has 1 aromatic carbocycles. The first-order chi connectivity index (χ1) is 8.61. The Hall–Kier alpha value is -1.49. The van der Waals surface area contributed by atoms with E-state index in [9.17, 15) is 8.78 Å². The smallest absolute Gasteiger partial charge is 0.239 e. The van der Waals surface area contributed by atoms with Crippen molar-refractivity contribution in [3.63, 3.8) is 0 Å². The fraction of sp³-hybridized carbons (Fsp3) is 0.333. The molecule has 0 bridgehead atoms. The highest BCUT2D eigenvalue weighted by atomic mass is 35.5. The van der Waals surface area contributed by atoms with Crippen LogP contribution >= 0.6 is 11.6 Å². The van der Waals surface area contributed by atoms with Gasteiger partial charge in [0.2, 0.25) is 0 Å². The van der Waals surface area contributed by atoms with E-state index in [1.807, 2.05) is 31.2 Å². The number of alkyl halides is 3. The number of nitrogens with zero attached hydrogens (tertiary/aromatic N) is 3. The van der Waals surface area contributed by atoms with Gasteiger partial charge in [0.15, 0.2) is 0 Å². The second kappa shape index (κ2) is 5.44. The van der Waals surface area contributed by atoms with Crippen molar-refractivity contribution in [2.45, 2.75) is 25.8 Å². The topological polar surface area (TPSA) is 30.7 Å². The molecule has 0 amide bonds. The van der Waals surface area contributed by atoms with Gasteiger partial charge in [0.25, 0.3) is 6.43 Å². The van der Waals surface area contributed by atoms with Crippen LogP contribution < -0.4 is 0 Å². The molecule has 0 aliphatic carbocycles. The molecule has 2 aromatic rings. The molecular formula is C12H12ClF2N3. The number of rotatable bonds is 4. The van der Waals surface area contributed by atoms with Crippen molar-refractivity contribution in [1.82, 2.24) is 15.0 Å². The molecule has 1 heterocycles. The molecule has 0 spiro atoms. The maximum atomic E-state index is 12.9. The predicted molar refractivity (Wildman–Crippen MR) is 64.8 cm³/mol. The Balaban J connectivity index is 2.28. The minimum Gasteiger partial charge on any atom is -0.239 e. The molecule has 3 nitrogen and oxygen atoms in total. The van der Waals surface area contributed by atoms with E-state index in [1.54, 1.807) is 0 Å². The summed E-state index contributed by atoms with van der Waals surface area (Å²) in [5.41, 5.74) is 1.95. The van der Waals surface area contributed by atoms with E-state index in [1.165, 1.54) is 4.68 Å². The third-order valence-electron chi connectivity index (χ3n) is 2.63. The summed E-state index contributed by atoms with van der Waals surface area (Å²) >= 11 is 5.56. The van der Waals surface area contributed by atoms with Crippen molar-refractivity contribution in [1.29, 1.82) is 0 Å². The Morgan fingerprint density at radius 3 is 2.50 bits per heavy atom. The summed E-state index contributed by atoms with van der Waals surface area (Å²) < 4.78 is 27.0. The van der Waals surface area contributed by atoms with Gasteiger partial charge >= 0.3 is 0 Å². The van der Waals surface area contributed by atoms with Crippen LogP contribution in [0.25, 0.3) is 0 Å². The molecule has 0 saturated heterocycles. The summed E-state index contributed by atoms with van der Waals surface area (Å²) in [6, 6.07) is 7.62. The molecule has 0 saturated carbocycles. The maximum Gasteiger partial charge on any atom is 0.281 e. The molecule has 0 fully saturated rings. The molecule has 0 atom stereocenters. The van der Waals surface area contributed by atoms with Gasteiger partial charge in [-0.15, -0.1) is 16.7 Å². The van der Waals surface area contributed by atoms with Gasteiger partial charge in [-0.2, -0.15) is 0 Å². The highest BCUT2D eigenvalue weighted by molar-refractivity contribution is 6.16. The van der Waals surface area contributed by atoms with E-state index in [0.29, 0.717) is 0 Å². The highest BCUT2D eigenvalue weighted by Gasteiger charge is 2.21. The minimum absolute atomic E-state index is 0.0619. The largest absolute Gasteiger partial charge is 0.281 e. The fourth-order valence-corrected chi connectivity index (χ4v) is 1.86. The first kappa shape index (κ1) is 13.0. The van der Waals surface area contributed by atoms with Crippen LogP contribution in [-0.4, -0.2) is 15.0 Å². The lowest BCUT2D eigenvalue weighted by molar-refractivity contribution is 0.139. The number of aryl methyl sites for hydroxylation is 1. The minimum atomic E-state index is -2.63. The Bertz CT molecular complexity index is 523. The summed E-state index contributed by atoms with van der Waals surface area (Å²) in [7, 11) is 0. The molecule has 6 heteroatoms. The summed E-state index contributed by atoms with van der Waals surface area (Å²) in [6.45, 7) is 2.24. The van der Waals surface area contributed by atoms with Crippen LogP contribution in [0.2, 0.25) is 0 Å². The quantitative estimate of drug-likeness (QED) is 0.799. The van der Waals surface area contributed by atoms with Crippen molar-refractivity contribution in [2.24, 2.45) is 0 Å². The summed E-state index contributed by atoms with van der Waals surface area (Å²) in [5.74, 6) is -0.0619. The SMILES string of the molecule is Cc1ccc(Cn2nnc(CCl)c2C(F)F)cc1. The molecule has 96 valence electrons. The van der Waals surface area contributed by atoms with Crippen molar-refractivity contribution in [3.05, 3.63) is 46.8 Å². The molecule has 0 radical (unpaired) electrons. The van der Waals surface area contributed by atoms with Gasteiger partial charge in [0.1, 0.15) is 11.4 Å². The average molecular weight is 272 g/mol. The van der Waals surface area contributed by atoms with E-state index in [2.05, 4.69) is 10.3 Å². The Morgan fingerprint density at radius 1 is 1.28 bits per heavy atom. The zero-order chi connectivity index (χ0) is 13.1. The van der Waals surface area contributed by atoms with E-state index >= 15 is 0 Å². The highest BCUT2D eigenvalue weighted by Crippen LogP contribution is 2.23. The lowest BCUT2D eigenvalue weighted by Gasteiger charge is -2.07. The van der Waals surface area contributed by atoms with Crippen LogP contribution in [0.4, 0.5) is 8.78 Å². The van der Waals surface area contributed by atoms with E-state index in [4.69, 9.17) is 11.6 Å². The zero-order valence-electron chi connectivity index (χ0n) is 9.78. The van der Waals surface area contributed by atoms with Crippen molar-refractivity contribution >= 4 is 11.6 Å². The molecule has 0 aliphatic heterocycles. The third kappa shape index (κ3) is 2.67. The monoisotopic (exact) mass is 271 g/mol. The van der Waals surface area contributed by atoms with Gasteiger partial charge in [0.05, 0.1) is 12.4 Å². The summed E-state index contributed by atoms with van der Waals surface area (Å²) in [5, 5.41) is 7.40. The van der Waals surface area contributed by atoms with Crippen molar-refractivity contribution in [2.75, 3.05) is 0 Å². The Kier molecular flexibility index (Phi) is 3.91. The lowest BCUT2D eigenvalue weighted by atomic mass is 10.1. The molecule has 0 unspecified atom stereocenters. The van der Waals surface area contributed by atoms with Crippen molar-refractivity contribution < 1.29 is 8.78 Å². The summed E-state index contributed by atoms with van der Waals surface area (Å²) in [4.78, 5) is 0. The van der Waals surface area contributed by atoms with Crippen LogP contribution in [-0.2, 0) is 12.4 Å². The van der Waals surface area contributed by atoms with Gasteiger partial charge in [0, 0.05) is 0 Å². The number of benzene rings is 1. The van der Waals surface area contributed by atoms with Gasteiger partial charge in [-0.1, -0.05) is 35.0 Å². The number of halogens is 3. The molecule has 1 aromatic heterocycles. The number of aromatic nitrogens is 3. The van der Waals surface area contributed by atoms with E-state index < -0.39 is 6.43 Å². The zero-order valence-corrected chi connectivity index (χ0v) is 10.5. The summed E-state index contributed by atoms with van der Waals surface area (Å²) in [6.07, 6.45) is -2.63. The number of hydrogen-bond donors (Lipinski definition) is 0. The maximum absolute atomic E-state index is 12.9. The van der Waals surface area contributed by atoms with E-state index in [0.717, 1.165) is 11.1 Å². The average Bonchev–Trinajstić information content (AvgIpc) is 2.75. The standard InChI is InChI=1S/C12H12ClF2N3/c1-8-2-4-9(5-3-8)7-18-11(12(14)15)10(6-13)16-17-18/h2-5,12H,6-7H2,1H3. The fourth-order valence-electron chi connectivity index (χ4n) is 1.67. The predicted octanol–water partition coefficient (Wildman–Crippen LogP) is 3.31. The van der Waals surface area contributed by atoms with Gasteiger partial charge in [-0.25, -0.2) is 13.5 Å². The van der Waals surface area contributed by atoms with Gasteiger partial charge in [-0.3, -0.25) is 0 Å². The van der Waals surface area contributed by atoms with Gasteiger partial charge < -0.3 is 0 Å². The van der Waals surface area contributed by atoms with Crippen LogP contribution in [0.1, 0.15) is 28.9 Å². The Morgan fingerprint density at radius 2 is 1.94 bits per heavy atom. The normalized spacial score (nSPS) is 11.2. The van der Waals surface area contributed by atoms with E-state index in [-0.39, 0.29) is 23.8 Å². The second-order valence-corrected chi connectivity index (χ2v) is 4.27. The van der Waals surface area contributed by atoms with Crippen LogP contribution in [0.15, 0.2) is 24.3 Å². The van der Waals surface area contributed by atoms with Crippen molar-refractivity contribution in [3.8, 4) is 0 Å². The van der Waals surface area contributed by atoms with Gasteiger partial charge in [-0.05, 0) is 12.5 Å². The lowest BCUT2D eigenvalue weighted by Crippen LogP contribution is -2.07. The molecular weight excluding hydrogens is 260 g/mol. The third-order valence-corrected chi connectivity index (χ3v) is 2.89. The molecule has 0 aliphatic rings. The molecule has 2 rings (SSSR count). The van der Waals surface area contributed by atoms with Crippen LogP contribution in [0.3, 0.4) is 0 Å². The van der Waals surface area contributed by atoms with Crippen LogP contribution in [0, 0.1) is 6.92 Å².